The highest BCUT2D eigenvalue weighted by atomic mass is 80.0. The van der Waals surface area contributed by atoms with E-state index in [9.17, 15) is 9.59 Å². The Morgan fingerprint density at radius 2 is 1.14 bits per heavy atom. The first kappa shape index (κ1) is 21.4. The van der Waals surface area contributed by atoms with Gasteiger partial charge < -0.3 is 10.6 Å². The lowest BCUT2D eigenvalue weighted by molar-refractivity contribution is -0.120. The van der Waals surface area contributed by atoms with Crippen molar-refractivity contribution in [1.82, 2.24) is 10.6 Å². The first-order valence-electron chi connectivity index (χ1n) is 7.43. The Bertz CT molecular complexity index is 307. The van der Waals surface area contributed by atoms with Crippen molar-refractivity contribution in [2.75, 3.05) is 13.1 Å². The van der Waals surface area contributed by atoms with Crippen LogP contribution in [0.15, 0.2) is 0 Å². The third-order valence-corrected chi connectivity index (χ3v) is 4.10. The van der Waals surface area contributed by atoms with Gasteiger partial charge in [0.25, 0.3) is 5.91 Å². The normalized spacial score (nSPS) is 11.2. The van der Waals surface area contributed by atoms with Gasteiger partial charge in [0, 0.05) is 20.0 Å². The molecule has 0 radical (unpaired) electrons. The molecular weight excluding hydrogens is 468 g/mol. The third-order valence-electron chi connectivity index (χ3n) is 3.02. The molecule has 0 fully saturated rings. The SMILES string of the molecule is CC(=O)NCCCCCCCCCCNC(=O)C(Br)(Br)Br. The van der Waals surface area contributed by atoms with Gasteiger partial charge in [0.15, 0.2) is 0 Å². The van der Waals surface area contributed by atoms with Gasteiger partial charge >= 0.3 is 0 Å². The Labute approximate surface area is 153 Å². The maximum absolute atomic E-state index is 11.5. The lowest BCUT2D eigenvalue weighted by Gasteiger charge is -2.12. The van der Waals surface area contributed by atoms with Crippen LogP contribution in [0.25, 0.3) is 0 Å². The van der Waals surface area contributed by atoms with E-state index in [1.807, 2.05) is 0 Å². The number of amides is 2. The Kier molecular flexibility index (Phi) is 13.1. The standard InChI is InChI=1S/C14H25Br3N2O2/c1-12(20)18-10-8-6-4-2-3-5-7-9-11-19-13(21)14(15,16)17/h2-11H2,1H3,(H,18,20)(H,19,21). The van der Waals surface area contributed by atoms with Crippen LogP contribution in [0.5, 0.6) is 0 Å². The first-order valence-corrected chi connectivity index (χ1v) is 9.81. The van der Waals surface area contributed by atoms with E-state index in [-0.39, 0.29) is 11.8 Å². The molecule has 0 unspecified atom stereocenters. The number of halogens is 3. The van der Waals surface area contributed by atoms with E-state index in [1.165, 1.54) is 32.1 Å². The van der Waals surface area contributed by atoms with Gasteiger partial charge in [-0.2, -0.15) is 0 Å². The first-order chi connectivity index (χ1) is 9.84. The van der Waals surface area contributed by atoms with Gasteiger partial charge in [0.1, 0.15) is 0 Å². The minimum Gasteiger partial charge on any atom is -0.356 e. The second-order valence-electron chi connectivity index (χ2n) is 5.07. The molecule has 0 aliphatic rings. The second-order valence-corrected chi connectivity index (χ2v) is 11.8. The van der Waals surface area contributed by atoms with Gasteiger partial charge in [0.05, 0.1) is 0 Å². The monoisotopic (exact) mass is 490 g/mol. The minimum absolute atomic E-state index is 0.0547. The smallest absolute Gasteiger partial charge is 0.258 e. The van der Waals surface area contributed by atoms with E-state index in [2.05, 4.69) is 58.4 Å². The minimum atomic E-state index is -0.843. The van der Waals surface area contributed by atoms with Gasteiger partial charge in [-0.1, -0.05) is 38.5 Å². The van der Waals surface area contributed by atoms with Crippen LogP contribution in [-0.2, 0) is 9.59 Å². The number of carbonyl (C=O) groups is 2. The molecule has 0 bridgehead atoms. The maximum atomic E-state index is 11.5. The molecule has 0 aromatic carbocycles. The van der Waals surface area contributed by atoms with Crippen LogP contribution in [0.4, 0.5) is 0 Å². The average molecular weight is 493 g/mol. The fourth-order valence-corrected chi connectivity index (χ4v) is 2.30. The van der Waals surface area contributed by atoms with Gasteiger partial charge in [-0.3, -0.25) is 9.59 Å². The molecule has 2 amide bonds. The molecule has 7 heteroatoms. The molecule has 0 aromatic heterocycles. The van der Waals surface area contributed by atoms with E-state index in [0.29, 0.717) is 6.54 Å². The third kappa shape index (κ3) is 15.1. The number of nitrogens with one attached hydrogen (secondary N) is 2. The summed E-state index contributed by atoms with van der Waals surface area (Å²) in [5.41, 5.74) is 0. The molecule has 0 aromatic rings. The molecule has 0 saturated heterocycles. The number of carbonyl (C=O) groups excluding carboxylic acids is 2. The van der Waals surface area contributed by atoms with Crippen LogP contribution in [0.1, 0.15) is 58.3 Å². The highest BCUT2D eigenvalue weighted by molar-refractivity contribution is 9.40. The summed E-state index contributed by atoms with van der Waals surface area (Å²) in [5.74, 6) is -0.0549. The van der Waals surface area contributed by atoms with E-state index >= 15 is 0 Å². The van der Waals surface area contributed by atoms with Gasteiger partial charge in [-0.25, -0.2) is 0 Å². The Morgan fingerprint density at radius 1 is 0.762 bits per heavy atom. The van der Waals surface area contributed by atoms with E-state index in [0.717, 1.165) is 25.8 Å². The number of hydrogen-bond acceptors (Lipinski definition) is 2. The van der Waals surface area contributed by atoms with Crippen molar-refractivity contribution in [3.05, 3.63) is 0 Å². The van der Waals surface area contributed by atoms with Crippen molar-refractivity contribution in [3.8, 4) is 0 Å². The predicted octanol–water partition coefficient (Wildman–Crippen LogP) is 4.20. The zero-order valence-electron chi connectivity index (χ0n) is 12.5. The van der Waals surface area contributed by atoms with Crippen LogP contribution in [0.2, 0.25) is 0 Å². The molecule has 0 aliphatic heterocycles. The summed E-state index contributed by atoms with van der Waals surface area (Å²) in [6.45, 7) is 3.06. The van der Waals surface area contributed by atoms with Crippen LogP contribution < -0.4 is 10.6 Å². The predicted molar refractivity (Wildman–Crippen MR) is 98.1 cm³/mol. The molecule has 124 valence electrons. The van der Waals surface area contributed by atoms with Crippen LogP contribution in [0.3, 0.4) is 0 Å². The summed E-state index contributed by atoms with van der Waals surface area (Å²) in [5, 5.41) is 5.65. The van der Waals surface area contributed by atoms with Crippen molar-refractivity contribution in [3.63, 3.8) is 0 Å². The summed E-state index contributed by atoms with van der Waals surface area (Å²) in [7, 11) is 0. The fraction of sp³-hybridized carbons (Fsp3) is 0.857. The zero-order valence-corrected chi connectivity index (χ0v) is 17.3. The number of hydrogen-bond donors (Lipinski definition) is 2. The highest BCUT2D eigenvalue weighted by Gasteiger charge is 2.27. The van der Waals surface area contributed by atoms with E-state index in [1.54, 1.807) is 6.92 Å². The molecule has 21 heavy (non-hydrogen) atoms. The summed E-state index contributed by atoms with van der Waals surface area (Å²) < 4.78 is -0.843. The van der Waals surface area contributed by atoms with Crippen molar-refractivity contribution in [2.45, 2.75) is 60.4 Å². The van der Waals surface area contributed by atoms with Crippen LogP contribution in [-0.4, -0.2) is 27.0 Å². The van der Waals surface area contributed by atoms with Gasteiger partial charge in [0.2, 0.25) is 8.05 Å². The van der Waals surface area contributed by atoms with Crippen LogP contribution >= 0.6 is 47.8 Å². The zero-order chi connectivity index (χ0) is 16.1. The second kappa shape index (κ2) is 12.9. The van der Waals surface area contributed by atoms with Gasteiger partial charge in [-0.05, 0) is 60.6 Å². The largest absolute Gasteiger partial charge is 0.356 e. The van der Waals surface area contributed by atoms with Crippen LogP contribution in [0, 0.1) is 0 Å². The lowest BCUT2D eigenvalue weighted by Crippen LogP contribution is -2.34. The Balaban J connectivity index is 3.20. The molecule has 0 rings (SSSR count). The summed E-state index contributed by atoms with van der Waals surface area (Å²) in [6, 6.07) is 0. The number of rotatable bonds is 11. The van der Waals surface area contributed by atoms with E-state index in [4.69, 9.17) is 0 Å². The van der Waals surface area contributed by atoms with Gasteiger partial charge in [-0.15, -0.1) is 0 Å². The molecule has 0 heterocycles. The lowest BCUT2D eigenvalue weighted by atomic mass is 10.1. The van der Waals surface area contributed by atoms with Crippen molar-refractivity contribution in [1.29, 1.82) is 0 Å². The summed E-state index contributed by atoms with van der Waals surface area (Å²) >= 11 is 9.54. The average Bonchev–Trinajstić information content (AvgIpc) is 2.38. The Morgan fingerprint density at radius 3 is 1.52 bits per heavy atom. The molecule has 0 aliphatic carbocycles. The molecule has 2 N–H and O–H groups in total. The highest BCUT2D eigenvalue weighted by Crippen LogP contribution is 2.33. The topological polar surface area (TPSA) is 58.2 Å². The Hall–Kier alpha value is 0.380. The molecule has 0 saturated carbocycles. The fourth-order valence-electron chi connectivity index (χ4n) is 1.88. The number of alkyl halides is 3. The van der Waals surface area contributed by atoms with Crippen molar-refractivity contribution in [2.24, 2.45) is 0 Å². The van der Waals surface area contributed by atoms with Crippen molar-refractivity contribution < 1.29 is 9.59 Å². The van der Waals surface area contributed by atoms with E-state index < -0.39 is 2.14 Å². The summed E-state index contributed by atoms with van der Waals surface area (Å²) in [4.78, 5) is 22.1. The maximum Gasteiger partial charge on any atom is 0.258 e. The number of unbranched alkanes of at least 4 members (excludes halogenated alkanes) is 7. The molecular formula is C14H25Br3N2O2. The van der Waals surface area contributed by atoms with Crippen molar-refractivity contribution >= 4 is 59.6 Å². The quantitative estimate of drug-likeness (QED) is 0.335. The molecule has 0 spiro atoms. The molecule has 0 atom stereocenters. The summed E-state index contributed by atoms with van der Waals surface area (Å²) in [6.07, 6.45) is 9.34. The molecule has 4 nitrogen and oxygen atoms in total.